The summed E-state index contributed by atoms with van der Waals surface area (Å²) in [5.74, 6) is 2.21. The van der Waals surface area contributed by atoms with Crippen molar-refractivity contribution >= 4 is 29.9 Å². The number of likely N-dealkylation sites (N-methyl/N-ethyl adjacent to an activating group) is 1. The second-order valence-corrected chi connectivity index (χ2v) is 7.74. The Balaban J connectivity index is 0.00000280. The van der Waals surface area contributed by atoms with E-state index in [0.29, 0.717) is 5.92 Å². The van der Waals surface area contributed by atoms with Crippen LogP contribution in [0.5, 0.6) is 0 Å². The van der Waals surface area contributed by atoms with Gasteiger partial charge in [0.05, 0.1) is 12.7 Å². The Morgan fingerprint density at radius 1 is 1.25 bits per heavy atom. The highest BCUT2D eigenvalue weighted by atomic mass is 127. The molecule has 1 heterocycles. The van der Waals surface area contributed by atoms with E-state index in [-0.39, 0.29) is 30.1 Å². The van der Waals surface area contributed by atoms with Gasteiger partial charge in [-0.3, -0.25) is 4.99 Å². The van der Waals surface area contributed by atoms with Gasteiger partial charge in [0.25, 0.3) is 0 Å². The zero-order chi connectivity index (χ0) is 18.9. The van der Waals surface area contributed by atoms with Crippen LogP contribution >= 0.6 is 24.0 Å². The zero-order valence-corrected chi connectivity index (χ0v) is 19.6. The summed E-state index contributed by atoms with van der Waals surface area (Å²) in [6, 6.07) is 10.6. The molecule has 1 saturated heterocycles. The summed E-state index contributed by atoms with van der Waals surface area (Å²) in [4.78, 5) is 7.11. The zero-order valence-electron chi connectivity index (χ0n) is 17.3. The van der Waals surface area contributed by atoms with Gasteiger partial charge in [0, 0.05) is 45.8 Å². The molecule has 1 aromatic carbocycles. The van der Waals surface area contributed by atoms with Crippen molar-refractivity contribution in [1.29, 1.82) is 0 Å². The van der Waals surface area contributed by atoms with E-state index in [9.17, 15) is 0 Å². The number of hydrogen-bond donors (Lipinski definition) is 1. The van der Waals surface area contributed by atoms with E-state index < -0.39 is 0 Å². The molecule has 0 aromatic heterocycles. The van der Waals surface area contributed by atoms with Gasteiger partial charge in [-0.1, -0.05) is 30.3 Å². The van der Waals surface area contributed by atoms with Crippen molar-refractivity contribution in [1.82, 2.24) is 10.2 Å². The first-order valence-electron chi connectivity index (χ1n) is 10.5. The Morgan fingerprint density at radius 3 is 2.75 bits per heavy atom. The minimum atomic E-state index is 0. The van der Waals surface area contributed by atoms with E-state index in [1.54, 1.807) is 0 Å². The van der Waals surface area contributed by atoms with Crippen LogP contribution in [0.4, 0.5) is 0 Å². The molecule has 1 saturated carbocycles. The lowest BCUT2D eigenvalue weighted by atomic mass is 9.89. The van der Waals surface area contributed by atoms with E-state index in [1.165, 1.54) is 18.4 Å². The molecular formula is C22H36IN3O2. The lowest BCUT2D eigenvalue weighted by Crippen LogP contribution is -2.41. The summed E-state index contributed by atoms with van der Waals surface area (Å²) in [5, 5.41) is 3.42. The second kappa shape index (κ2) is 12.6. The number of nitrogens with one attached hydrogen (secondary N) is 1. The lowest BCUT2D eigenvalue weighted by molar-refractivity contribution is -0.0250. The highest BCUT2D eigenvalue weighted by Crippen LogP contribution is 2.33. The minimum Gasteiger partial charge on any atom is -0.379 e. The fraction of sp³-hybridized carbons (Fsp3) is 0.682. The number of rotatable bonds is 9. The van der Waals surface area contributed by atoms with Crippen molar-refractivity contribution in [2.45, 2.75) is 38.7 Å². The molecule has 0 spiro atoms. The number of aliphatic imine (C=N–C) groups is 1. The van der Waals surface area contributed by atoms with Crippen LogP contribution in [-0.4, -0.2) is 57.4 Å². The van der Waals surface area contributed by atoms with E-state index in [4.69, 9.17) is 14.5 Å². The van der Waals surface area contributed by atoms with Crippen LogP contribution in [0.15, 0.2) is 35.3 Å². The van der Waals surface area contributed by atoms with Crippen LogP contribution in [0.3, 0.4) is 0 Å². The molecule has 28 heavy (non-hydrogen) atoms. The molecule has 0 amide bonds. The third kappa shape index (κ3) is 7.52. The van der Waals surface area contributed by atoms with Gasteiger partial charge in [0.1, 0.15) is 0 Å². The lowest BCUT2D eigenvalue weighted by Gasteiger charge is -2.31. The molecule has 0 bridgehead atoms. The Morgan fingerprint density at radius 2 is 2.04 bits per heavy atom. The van der Waals surface area contributed by atoms with Crippen molar-refractivity contribution in [2.24, 2.45) is 16.8 Å². The third-order valence-electron chi connectivity index (χ3n) is 5.37. The van der Waals surface area contributed by atoms with E-state index >= 15 is 0 Å². The highest BCUT2D eigenvalue weighted by Gasteiger charge is 2.27. The Labute approximate surface area is 187 Å². The monoisotopic (exact) mass is 501 g/mol. The molecule has 1 N–H and O–H groups in total. The number of nitrogens with zero attached hydrogens (tertiary/aromatic N) is 2. The molecule has 2 unspecified atom stereocenters. The molecule has 1 aromatic rings. The molecule has 1 aliphatic carbocycles. The van der Waals surface area contributed by atoms with E-state index in [0.717, 1.165) is 64.2 Å². The van der Waals surface area contributed by atoms with Crippen molar-refractivity contribution in [3.8, 4) is 0 Å². The molecule has 2 aliphatic rings. The van der Waals surface area contributed by atoms with E-state index in [1.807, 2.05) is 0 Å². The summed E-state index contributed by atoms with van der Waals surface area (Å²) in [6.07, 6.45) is 5.11. The first-order valence-corrected chi connectivity index (χ1v) is 10.5. The first kappa shape index (κ1) is 23.4. The van der Waals surface area contributed by atoms with Gasteiger partial charge < -0.3 is 19.7 Å². The number of benzene rings is 1. The molecule has 2 atom stereocenters. The fourth-order valence-electron chi connectivity index (χ4n) is 3.56. The van der Waals surface area contributed by atoms with Gasteiger partial charge in [0.15, 0.2) is 5.96 Å². The third-order valence-corrected chi connectivity index (χ3v) is 5.37. The fourth-order valence-corrected chi connectivity index (χ4v) is 3.56. The SMILES string of the molecule is CCNC(=NCC1CCCOC1c1ccccc1)N(C)CCOCC1CC1.I. The summed E-state index contributed by atoms with van der Waals surface area (Å²) in [7, 11) is 2.09. The smallest absolute Gasteiger partial charge is 0.193 e. The summed E-state index contributed by atoms with van der Waals surface area (Å²) in [6.45, 7) is 7.16. The number of hydrogen-bond acceptors (Lipinski definition) is 3. The molecule has 1 aliphatic heterocycles. The average Bonchev–Trinajstić information content (AvgIpc) is 3.53. The predicted molar refractivity (Wildman–Crippen MR) is 125 cm³/mol. The maximum atomic E-state index is 6.11. The molecule has 158 valence electrons. The number of halogens is 1. The van der Waals surface area contributed by atoms with Crippen molar-refractivity contribution < 1.29 is 9.47 Å². The molecule has 2 fully saturated rings. The van der Waals surface area contributed by atoms with Gasteiger partial charge in [-0.05, 0) is 44.1 Å². The summed E-state index contributed by atoms with van der Waals surface area (Å²) >= 11 is 0. The largest absolute Gasteiger partial charge is 0.379 e. The topological polar surface area (TPSA) is 46.1 Å². The molecule has 3 rings (SSSR count). The standard InChI is InChI=1S/C22H35N3O2.HI/c1-3-23-22(25(2)13-15-26-17-18-11-12-18)24-16-20-10-7-14-27-21(20)19-8-5-4-6-9-19;/h4-6,8-9,18,20-21H,3,7,10-17H2,1-2H3,(H,23,24);1H. The van der Waals surface area contributed by atoms with Crippen LogP contribution in [0, 0.1) is 11.8 Å². The average molecular weight is 501 g/mol. The minimum absolute atomic E-state index is 0. The molecule has 6 heteroatoms. The van der Waals surface area contributed by atoms with Crippen molar-refractivity contribution in [3.05, 3.63) is 35.9 Å². The highest BCUT2D eigenvalue weighted by molar-refractivity contribution is 14.0. The Bertz CT molecular complexity index is 580. The molecule has 5 nitrogen and oxygen atoms in total. The summed E-state index contributed by atoms with van der Waals surface area (Å²) < 4.78 is 11.9. The quantitative estimate of drug-likeness (QED) is 0.240. The van der Waals surface area contributed by atoms with Gasteiger partial charge in [-0.25, -0.2) is 0 Å². The van der Waals surface area contributed by atoms with E-state index in [2.05, 4.69) is 54.5 Å². The van der Waals surface area contributed by atoms with Crippen LogP contribution in [0.2, 0.25) is 0 Å². The Hall–Kier alpha value is -0.860. The van der Waals surface area contributed by atoms with Gasteiger partial charge in [0.2, 0.25) is 0 Å². The van der Waals surface area contributed by atoms with Crippen LogP contribution in [0.1, 0.15) is 44.3 Å². The summed E-state index contributed by atoms with van der Waals surface area (Å²) in [5.41, 5.74) is 1.27. The number of guanidine groups is 1. The molecular weight excluding hydrogens is 465 g/mol. The second-order valence-electron chi connectivity index (χ2n) is 7.74. The van der Waals surface area contributed by atoms with Crippen LogP contribution in [0.25, 0.3) is 0 Å². The normalized spacial score (nSPS) is 22.4. The first-order chi connectivity index (χ1) is 13.3. The van der Waals surface area contributed by atoms with Gasteiger partial charge in [-0.15, -0.1) is 24.0 Å². The predicted octanol–water partition coefficient (Wildman–Crippen LogP) is 4.10. The number of ether oxygens (including phenoxy) is 2. The van der Waals surface area contributed by atoms with Crippen molar-refractivity contribution in [2.75, 3.05) is 46.5 Å². The van der Waals surface area contributed by atoms with Crippen molar-refractivity contribution in [3.63, 3.8) is 0 Å². The molecule has 0 radical (unpaired) electrons. The Kier molecular flexibility index (Phi) is 10.6. The van der Waals surface area contributed by atoms with Gasteiger partial charge >= 0.3 is 0 Å². The maximum absolute atomic E-state index is 6.11. The maximum Gasteiger partial charge on any atom is 0.193 e. The van der Waals surface area contributed by atoms with Gasteiger partial charge in [-0.2, -0.15) is 0 Å². The van der Waals surface area contributed by atoms with Crippen LogP contribution < -0.4 is 5.32 Å². The van der Waals surface area contributed by atoms with Crippen LogP contribution in [-0.2, 0) is 9.47 Å².